The predicted octanol–water partition coefficient (Wildman–Crippen LogP) is 2.89. The van der Waals surface area contributed by atoms with Gasteiger partial charge >= 0.3 is 6.18 Å². The first-order chi connectivity index (χ1) is 8.35. The summed E-state index contributed by atoms with van der Waals surface area (Å²) in [4.78, 5) is 0. The largest absolute Gasteiger partial charge is 0.416 e. The van der Waals surface area contributed by atoms with Crippen LogP contribution in [0.5, 0.6) is 0 Å². The fraction of sp³-hybridized carbons (Fsp3) is 0.500. The lowest BCUT2D eigenvalue weighted by Crippen LogP contribution is -2.61. The third kappa shape index (κ3) is 2.79. The minimum atomic E-state index is -4.38. The summed E-state index contributed by atoms with van der Waals surface area (Å²) in [5, 5.41) is 3.15. The van der Waals surface area contributed by atoms with Crippen molar-refractivity contribution in [2.75, 3.05) is 20.2 Å². The zero-order valence-corrected chi connectivity index (χ0v) is 10.5. The highest BCUT2D eigenvalue weighted by Crippen LogP contribution is 2.33. The van der Waals surface area contributed by atoms with Gasteiger partial charge in [0.1, 0.15) is 0 Å². The quantitative estimate of drug-likeness (QED) is 0.919. The highest BCUT2D eigenvalue weighted by molar-refractivity contribution is 6.30. The first-order valence-corrected chi connectivity index (χ1v) is 5.85. The second-order valence-electron chi connectivity index (χ2n) is 4.51. The van der Waals surface area contributed by atoms with Crippen molar-refractivity contribution in [3.63, 3.8) is 0 Å². The van der Waals surface area contributed by atoms with Crippen molar-refractivity contribution in [1.29, 1.82) is 0 Å². The second kappa shape index (κ2) is 4.72. The number of nitrogens with one attached hydrogen (secondary N) is 1. The number of methoxy groups -OCH3 is 1. The Balaban J connectivity index is 2.26. The van der Waals surface area contributed by atoms with E-state index < -0.39 is 17.3 Å². The molecule has 2 nitrogen and oxygen atoms in total. The van der Waals surface area contributed by atoms with E-state index in [4.69, 9.17) is 16.3 Å². The third-order valence-corrected chi connectivity index (χ3v) is 3.36. The zero-order chi connectivity index (χ0) is 13.4. The Morgan fingerprint density at radius 3 is 2.44 bits per heavy atom. The monoisotopic (exact) mass is 279 g/mol. The van der Waals surface area contributed by atoms with E-state index in [1.165, 1.54) is 0 Å². The van der Waals surface area contributed by atoms with Crippen molar-refractivity contribution < 1.29 is 17.9 Å². The number of hydrogen-bond donors (Lipinski definition) is 1. The molecule has 1 aromatic carbocycles. The molecular formula is C12H13ClF3NO. The molecule has 1 saturated heterocycles. The summed E-state index contributed by atoms with van der Waals surface area (Å²) in [5.74, 6) is 0. The smallest absolute Gasteiger partial charge is 0.375 e. The molecule has 1 aromatic rings. The lowest BCUT2D eigenvalue weighted by molar-refractivity contribution is -0.137. The highest BCUT2D eigenvalue weighted by Gasteiger charge is 2.38. The number of ether oxygens (including phenoxy) is 1. The van der Waals surface area contributed by atoms with Crippen molar-refractivity contribution in [1.82, 2.24) is 5.32 Å². The van der Waals surface area contributed by atoms with Crippen LogP contribution < -0.4 is 5.32 Å². The van der Waals surface area contributed by atoms with E-state index in [9.17, 15) is 13.2 Å². The number of rotatable bonds is 3. The molecule has 0 spiro atoms. The molecule has 0 bridgehead atoms. The number of alkyl halides is 3. The Morgan fingerprint density at radius 2 is 2.00 bits per heavy atom. The zero-order valence-electron chi connectivity index (χ0n) is 9.77. The second-order valence-corrected chi connectivity index (χ2v) is 4.95. The van der Waals surface area contributed by atoms with Gasteiger partial charge in [-0.2, -0.15) is 13.2 Å². The van der Waals surface area contributed by atoms with Crippen molar-refractivity contribution in [3.8, 4) is 0 Å². The molecule has 1 aliphatic rings. The van der Waals surface area contributed by atoms with Crippen molar-refractivity contribution in [3.05, 3.63) is 34.3 Å². The summed E-state index contributed by atoms with van der Waals surface area (Å²) in [6, 6.07) is 3.62. The minimum Gasteiger partial charge on any atom is -0.375 e. The maximum absolute atomic E-state index is 12.7. The van der Waals surface area contributed by atoms with Crippen LogP contribution in [0.4, 0.5) is 13.2 Å². The third-order valence-electron chi connectivity index (χ3n) is 3.14. The first kappa shape index (κ1) is 13.6. The SMILES string of the molecule is COC1(Cc2cc(Cl)cc(C(F)(F)F)c2)CNC1. The Labute approximate surface area is 108 Å². The van der Waals surface area contributed by atoms with Gasteiger partial charge in [0.05, 0.1) is 11.2 Å². The van der Waals surface area contributed by atoms with Crippen molar-refractivity contribution in [2.45, 2.75) is 18.2 Å². The van der Waals surface area contributed by atoms with E-state index in [0.717, 1.165) is 12.1 Å². The van der Waals surface area contributed by atoms with Crippen LogP contribution in [0.1, 0.15) is 11.1 Å². The topological polar surface area (TPSA) is 21.3 Å². The molecule has 0 aliphatic carbocycles. The fourth-order valence-electron chi connectivity index (χ4n) is 2.03. The van der Waals surface area contributed by atoms with Gasteiger partial charge in [0.2, 0.25) is 0 Å². The Kier molecular flexibility index (Phi) is 3.58. The maximum Gasteiger partial charge on any atom is 0.416 e. The summed E-state index contributed by atoms with van der Waals surface area (Å²) in [6.45, 7) is 1.27. The standard InChI is InChI=1S/C12H13ClF3NO/c1-18-11(6-17-7-11)5-8-2-9(12(14,15)16)4-10(13)3-8/h2-4,17H,5-7H2,1H3. The minimum absolute atomic E-state index is 0.0957. The summed E-state index contributed by atoms with van der Waals surface area (Å²) in [7, 11) is 1.57. The average Bonchev–Trinajstić information content (AvgIpc) is 2.21. The Hall–Kier alpha value is -0.780. The molecule has 0 atom stereocenters. The van der Waals surface area contributed by atoms with Gasteiger partial charge in [-0.05, 0) is 23.8 Å². The molecule has 1 aliphatic heterocycles. The maximum atomic E-state index is 12.7. The predicted molar refractivity (Wildman–Crippen MR) is 62.8 cm³/mol. The molecule has 0 aromatic heterocycles. The van der Waals surface area contributed by atoms with Crippen LogP contribution in [-0.4, -0.2) is 25.8 Å². The highest BCUT2D eigenvalue weighted by atomic mass is 35.5. The summed E-state index contributed by atoms with van der Waals surface area (Å²) >= 11 is 5.73. The number of halogens is 4. The lowest BCUT2D eigenvalue weighted by atomic mass is 9.88. The van der Waals surface area contributed by atoms with E-state index in [0.29, 0.717) is 25.1 Å². The average molecular weight is 280 g/mol. The molecule has 0 unspecified atom stereocenters. The molecular weight excluding hydrogens is 267 g/mol. The molecule has 2 rings (SSSR count). The normalized spacial score (nSPS) is 18.5. The van der Waals surface area contributed by atoms with Crippen LogP contribution in [0.2, 0.25) is 5.02 Å². The summed E-state index contributed by atoms with van der Waals surface area (Å²) in [5.41, 5.74) is -0.588. The summed E-state index contributed by atoms with van der Waals surface area (Å²) < 4.78 is 43.3. The van der Waals surface area contributed by atoms with Crippen molar-refractivity contribution >= 4 is 11.6 Å². The van der Waals surface area contributed by atoms with Gasteiger partial charge in [-0.3, -0.25) is 0 Å². The van der Waals surface area contributed by atoms with Crippen LogP contribution >= 0.6 is 11.6 Å². The molecule has 1 N–H and O–H groups in total. The van der Waals surface area contributed by atoms with Gasteiger partial charge in [0.15, 0.2) is 0 Å². The van der Waals surface area contributed by atoms with Gasteiger partial charge in [0, 0.05) is 31.6 Å². The molecule has 6 heteroatoms. The molecule has 1 heterocycles. The molecule has 100 valence electrons. The molecule has 0 radical (unpaired) electrons. The van der Waals surface area contributed by atoms with Gasteiger partial charge < -0.3 is 10.1 Å². The van der Waals surface area contributed by atoms with E-state index in [1.54, 1.807) is 13.2 Å². The van der Waals surface area contributed by atoms with E-state index in [-0.39, 0.29) is 5.02 Å². The van der Waals surface area contributed by atoms with Gasteiger partial charge in [0.25, 0.3) is 0 Å². The van der Waals surface area contributed by atoms with E-state index >= 15 is 0 Å². The number of benzene rings is 1. The van der Waals surface area contributed by atoms with Gasteiger partial charge in [-0.15, -0.1) is 0 Å². The van der Waals surface area contributed by atoms with E-state index in [1.807, 2.05) is 0 Å². The Bertz CT molecular complexity index is 438. The number of hydrogen-bond acceptors (Lipinski definition) is 2. The van der Waals surface area contributed by atoms with Crippen LogP contribution in [0.3, 0.4) is 0 Å². The molecule has 18 heavy (non-hydrogen) atoms. The van der Waals surface area contributed by atoms with Crippen LogP contribution in [-0.2, 0) is 17.3 Å². The van der Waals surface area contributed by atoms with Crippen LogP contribution in [0, 0.1) is 0 Å². The molecule has 0 amide bonds. The fourth-order valence-corrected chi connectivity index (χ4v) is 2.29. The van der Waals surface area contributed by atoms with Gasteiger partial charge in [-0.25, -0.2) is 0 Å². The van der Waals surface area contributed by atoms with Crippen LogP contribution in [0.15, 0.2) is 18.2 Å². The molecule has 0 saturated carbocycles. The summed E-state index contributed by atoms with van der Waals surface area (Å²) in [6.07, 6.45) is -3.96. The lowest BCUT2D eigenvalue weighted by Gasteiger charge is -2.41. The van der Waals surface area contributed by atoms with Gasteiger partial charge in [-0.1, -0.05) is 11.6 Å². The van der Waals surface area contributed by atoms with Crippen LogP contribution in [0.25, 0.3) is 0 Å². The van der Waals surface area contributed by atoms with E-state index in [2.05, 4.69) is 5.32 Å². The molecule has 1 fully saturated rings. The Morgan fingerprint density at radius 1 is 1.33 bits per heavy atom. The first-order valence-electron chi connectivity index (χ1n) is 5.47. The van der Waals surface area contributed by atoms with Crippen molar-refractivity contribution in [2.24, 2.45) is 0 Å².